The fourth-order valence-corrected chi connectivity index (χ4v) is 3.16. The molecule has 0 amide bonds. The Morgan fingerprint density at radius 1 is 0.889 bits per heavy atom. The van der Waals surface area contributed by atoms with Gasteiger partial charge in [-0.3, -0.25) is 4.79 Å². The van der Waals surface area contributed by atoms with Crippen LogP contribution in [0, 0.1) is 13.8 Å². The average Bonchev–Trinajstić information content (AvgIpc) is 2.69. The lowest BCUT2D eigenvalue weighted by Crippen LogP contribution is -2.04. The van der Waals surface area contributed by atoms with Gasteiger partial charge in [0.25, 0.3) is 0 Å². The van der Waals surface area contributed by atoms with Gasteiger partial charge in [-0.25, -0.2) is 0 Å². The average molecular weight is 362 g/mol. The zero-order valence-electron chi connectivity index (χ0n) is 15.4. The second-order valence-electron chi connectivity index (χ2n) is 6.55. The second kappa shape index (κ2) is 8.06. The van der Waals surface area contributed by atoms with E-state index in [-0.39, 0.29) is 17.9 Å². The Balaban J connectivity index is 1.99. The summed E-state index contributed by atoms with van der Waals surface area (Å²) in [5.41, 5.74) is 4.89. The second-order valence-corrected chi connectivity index (χ2v) is 6.55. The van der Waals surface area contributed by atoms with Gasteiger partial charge >= 0.3 is 0 Å². The molecule has 0 aliphatic heterocycles. The Kier molecular flexibility index (Phi) is 5.57. The number of rotatable bonds is 6. The van der Waals surface area contributed by atoms with E-state index in [9.17, 15) is 15.0 Å². The van der Waals surface area contributed by atoms with Gasteiger partial charge in [0.15, 0.2) is 17.8 Å². The molecular formula is C23H22O4. The lowest BCUT2D eigenvalue weighted by molar-refractivity contribution is 0.103. The minimum atomic E-state index is -0.406. The van der Waals surface area contributed by atoms with Gasteiger partial charge < -0.3 is 14.9 Å². The molecule has 0 radical (unpaired) electrons. The van der Waals surface area contributed by atoms with E-state index >= 15 is 0 Å². The van der Waals surface area contributed by atoms with Crippen molar-refractivity contribution in [1.82, 2.24) is 0 Å². The van der Waals surface area contributed by atoms with Crippen LogP contribution in [0.1, 0.15) is 32.6 Å². The number of hydrogen-bond acceptors (Lipinski definition) is 4. The smallest absolute Gasteiger partial charge is 0.168 e. The summed E-state index contributed by atoms with van der Waals surface area (Å²) >= 11 is 0. The van der Waals surface area contributed by atoms with Crippen LogP contribution in [0.3, 0.4) is 0 Å². The van der Waals surface area contributed by atoms with Crippen molar-refractivity contribution in [3.05, 3.63) is 82.4 Å². The summed E-state index contributed by atoms with van der Waals surface area (Å²) in [6.07, 6.45) is 0.561. The first kappa shape index (κ1) is 18.7. The summed E-state index contributed by atoms with van der Waals surface area (Å²) in [7, 11) is 0. The molecule has 138 valence electrons. The third kappa shape index (κ3) is 3.86. The van der Waals surface area contributed by atoms with Crippen LogP contribution in [-0.2, 0) is 18.0 Å². The molecule has 3 rings (SSSR count). The molecule has 0 spiro atoms. The standard InChI is InChI=1S/C23H22O4/c1-15-8-10-17(11-9-15)13-27-14-20-19(12-24)23(26)22(25)16(2)21(20)18-6-4-3-5-7-18/h3-12,25-26H,13-14H2,1-2H3. The number of carbonyl (C=O) groups excluding carboxylic acids is 1. The molecule has 0 aliphatic rings. The molecule has 0 heterocycles. The summed E-state index contributed by atoms with van der Waals surface area (Å²) in [6.45, 7) is 4.26. The monoisotopic (exact) mass is 362 g/mol. The Morgan fingerprint density at radius 2 is 1.56 bits per heavy atom. The van der Waals surface area contributed by atoms with Crippen molar-refractivity contribution in [1.29, 1.82) is 0 Å². The maximum atomic E-state index is 11.6. The van der Waals surface area contributed by atoms with Crippen LogP contribution in [0.4, 0.5) is 0 Å². The number of phenols is 2. The van der Waals surface area contributed by atoms with Gasteiger partial charge in [0, 0.05) is 11.1 Å². The molecule has 0 aromatic heterocycles. The molecule has 0 fully saturated rings. The zero-order valence-corrected chi connectivity index (χ0v) is 15.4. The van der Waals surface area contributed by atoms with Crippen LogP contribution in [0.15, 0.2) is 54.6 Å². The Labute approximate surface area is 158 Å². The van der Waals surface area contributed by atoms with E-state index in [4.69, 9.17) is 4.74 Å². The summed E-state index contributed by atoms with van der Waals surface area (Å²) < 4.78 is 5.85. The summed E-state index contributed by atoms with van der Waals surface area (Å²) in [5, 5.41) is 20.5. The minimum Gasteiger partial charge on any atom is -0.504 e. The number of phenolic OH excluding ortho intramolecular Hbond substituents is 2. The third-order valence-electron chi connectivity index (χ3n) is 4.65. The SMILES string of the molecule is Cc1ccc(COCc2c(C=O)c(O)c(O)c(C)c2-c2ccccc2)cc1. The zero-order chi connectivity index (χ0) is 19.4. The maximum absolute atomic E-state index is 11.6. The first-order chi connectivity index (χ1) is 13.0. The number of carbonyl (C=O) groups is 1. The molecule has 0 bridgehead atoms. The predicted molar refractivity (Wildman–Crippen MR) is 105 cm³/mol. The maximum Gasteiger partial charge on any atom is 0.168 e. The first-order valence-electron chi connectivity index (χ1n) is 8.74. The Morgan fingerprint density at radius 3 is 2.19 bits per heavy atom. The van der Waals surface area contributed by atoms with Gasteiger partial charge in [-0.05, 0) is 30.5 Å². The largest absolute Gasteiger partial charge is 0.504 e. The molecule has 0 unspecified atom stereocenters. The van der Waals surface area contributed by atoms with Crippen molar-refractivity contribution >= 4 is 6.29 Å². The van der Waals surface area contributed by atoms with Gasteiger partial charge in [0.2, 0.25) is 0 Å². The van der Waals surface area contributed by atoms with E-state index in [1.54, 1.807) is 6.92 Å². The van der Waals surface area contributed by atoms with Crippen LogP contribution in [-0.4, -0.2) is 16.5 Å². The molecule has 0 atom stereocenters. The van der Waals surface area contributed by atoms with E-state index < -0.39 is 5.75 Å². The van der Waals surface area contributed by atoms with Crippen molar-refractivity contribution in [2.75, 3.05) is 0 Å². The molecule has 3 aromatic rings. The van der Waals surface area contributed by atoms with Crippen LogP contribution in [0.2, 0.25) is 0 Å². The van der Waals surface area contributed by atoms with Crippen LogP contribution >= 0.6 is 0 Å². The highest BCUT2D eigenvalue weighted by molar-refractivity contribution is 5.90. The molecule has 2 N–H and O–H groups in total. The van der Waals surface area contributed by atoms with Gasteiger partial charge in [-0.2, -0.15) is 0 Å². The topological polar surface area (TPSA) is 66.8 Å². The van der Waals surface area contributed by atoms with Crippen LogP contribution in [0.5, 0.6) is 11.5 Å². The van der Waals surface area contributed by atoms with Gasteiger partial charge in [0.05, 0.1) is 18.8 Å². The summed E-state index contributed by atoms with van der Waals surface area (Å²) in [5.74, 6) is -0.686. The van der Waals surface area contributed by atoms with Gasteiger partial charge in [0.1, 0.15) is 0 Å². The normalized spacial score (nSPS) is 10.7. The first-order valence-corrected chi connectivity index (χ1v) is 8.74. The van der Waals surface area contributed by atoms with Crippen molar-refractivity contribution in [2.45, 2.75) is 27.1 Å². The lowest BCUT2D eigenvalue weighted by Gasteiger charge is -2.18. The highest BCUT2D eigenvalue weighted by Gasteiger charge is 2.22. The van der Waals surface area contributed by atoms with E-state index in [2.05, 4.69) is 0 Å². The quantitative estimate of drug-likeness (QED) is 0.483. The number of aromatic hydroxyl groups is 2. The number of hydrogen-bond donors (Lipinski definition) is 2. The number of benzene rings is 3. The number of ether oxygens (including phenoxy) is 1. The molecule has 3 aromatic carbocycles. The molecule has 4 heteroatoms. The van der Waals surface area contributed by atoms with E-state index in [1.807, 2.05) is 61.5 Å². The molecule has 4 nitrogen and oxygen atoms in total. The van der Waals surface area contributed by atoms with Crippen molar-refractivity contribution in [3.8, 4) is 22.6 Å². The molecule has 0 saturated carbocycles. The van der Waals surface area contributed by atoms with E-state index in [0.29, 0.717) is 29.6 Å². The molecule has 0 aliphatic carbocycles. The fourth-order valence-electron chi connectivity index (χ4n) is 3.16. The van der Waals surface area contributed by atoms with Crippen molar-refractivity contribution < 1.29 is 19.7 Å². The fraction of sp³-hybridized carbons (Fsp3) is 0.174. The number of aldehydes is 1. The van der Waals surface area contributed by atoms with Gasteiger partial charge in [-0.15, -0.1) is 0 Å². The Bertz CT molecular complexity index is 945. The highest BCUT2D eigenvalue weighted by atomic mass is 16.5. The third-order valence-corrected chi connectivity index (χ3v) is 4.65. The van der Waals surface area contributed by atoms with Crippen molar-refractivity contribution in [2.24, 2.45) is 0 Å². The van der Waals surface area contributed by atoms with Crippen LogP contribution < -0.4 is 0 Å². The molecule has 0 saturated heterocycles. The number of aryl methyl sites for hydroxylation is 1. The Hall–Kier alpha value is -3.11. The minimum absolute atomic E-state index is 0.0564. The van der Waals surface area contributed by atoms with Crippen molar-refractivity contribution in [3.63, 3.8) is 0 Å². The summed E-state index contributed by atoms with van der Waals surface area (Å²) in [6, 6.07) is 17.5. The summed E-state index contributed by atoms with van der Waals surface area (Å²) in [4.78, 5) is 11.6. The lowest BCUT2D eigenvalue weighted by atomic mass is 9.90. The van der Waals surface area contributed by atoms with E-state index in [0.717, 1.165) is 11.1 Å². The molecule has 27 heavy (non-hydrogen) atoms. The highest BCUT2D eigenvalue weighted by Crippen LogP contribution is 2.42. The van der Waals surface area contributed by atoms with E-state index in [1.165, 1.54) is 5.56 Å². The predicted octanol–water partition coefficient (Wildman–Crippen LogP) is 4.91. The molecular weight excluding hydrogens is 340 g/mol. The van der Waals surface area contributed by atoms with Gasteiger partial charge in [-0.1, -0.05) is 60.2 Å². The van der Waals surface area contributed by atoms with Crippen LogP contribution in [0.25, 0.3) is 11.1 Å².